The first-order valence-electron chi connectivity index (χ1n) is 12.9. The molecule has 2 bridgehead atoms. The number of carbonyl (C=O) groups excluding carboxylic acids is 1. The monoisotopic (exact) mass is 498 g/mol. The Morgan fingerprint density at radius 2 is 1.97 bits per heavy atom. The van der Waals surface area contributed by atoms with Crippen molar-refractivity contribution >= 4 is 17.7 Å². The maximum Gasteiger partial charge on any atom is 0.295 e. The number of primary amides is 1. The maximum atomic E-state index is 11.5. The third-order valence-electron chi connectivity index (χ3n) is 7.98. The second-order valence-electron chi connectivity index (χ2n) is 10.3. The zero-order valence-corrected chi connectivity index (χ0v) is 20.5. The van der Waals surface area contributed by atoms with E-state index >= 15 is 0 Å². The Morgan fingerprint density at radius 3 is 2.78 bits per heavy atom. The van der Waals surface area contributed by atoms with Gasteiger partial charge in [-0.2, -0.15) is 5.26 Å². The van der Waals surface area contributed by atoms with Crippen LogP contribution in [0.15, 0.2) is 47.3 Å². The van der Waals surface area contributed by atoms with Gasteiger partial charge in [0, 0.05) is 47.9 Å². The molecular weight excluding hydrogens is 468 g/mol. The van der Waals surface area contributed by atoms with Crippen molar-refractivity contribution in [3.05, 3.63) is 54.1 Å². The molecule has 3 fully saturated rings. The van der Waals surface area contributed by atoms with Gasteiger partial charge in [0.15, 0.2) is 5.76 Å². The minimum absolute atomic E-state index is 0.203. The van der Waals surface area contributed by atoms with E-state index in [1.165, 1.54) is 12.7 Å². The highest BCUT2D eigenvalue weighted by molar-refractivity contribution is 5.93. The Balaban J connectivity index is 1.14. The lowest BCUT2D eigenvalue weighted by atomic mass is 9.89. The summed E-state index contributed by atoms with van der Waals surface area (Å²) in [5, 5.41) is 16.8. The first-order chi connectivity index (χ1) is 18.1. The number of nitrogens with zero attached hydrogens (tertiary/aromatic N) is 5. The number of hydrogen-bond donors (Lipinski definition) is 3. The molecular formula is C27H30N8O2. The molecule has 6 rings (SSSR count). The van der Waals surface area contributed by atoms with Crippen molar-refractivity contribution in [3.63, 3.8) is 0 Å². The number of hydrogen-bond acceptors (Lipinski definition) is 9. The van der Waals surface area contributed by atoms with Crippen LogP contribution in [0.25, 0.3) is 11.3 Å². The summed E-state index contributed by atoms with van der Waals surface area (Å²) >= 11 is 0. The molecule has 1 aliphatic heterocycles. The first-order valence-corrected chi connectivity index (χ1v) is 12.9. The minimum atomic E-state index is -0.472. The van der Waals surface area contributed by atoms with Gasteiger partial charge < -0.3 is 25.7 Å². The summed E-state index contributed by atoms with van der Waals surface area (Å²) in [4.78, 5) is 26.8. The molecule has 10 heteroatoms. The lowest BCUT2D eigenvalue weighted by molar-refractivity contribution is 0.100. The Morgan fingerprint density at radius 1 is 1.11 bits per heavy atom. The summed E-state index contributed by atoms with van der Waals surface area (Å²) < 4.78 is 6.02. The molecule has 2 aromatic heterocycles. The predicted molar refractivity (Wildman–Crippen MR) is 138 cm³/mol. The second kappa shape index (κ2) is 9.82. The van der Waals surface area contributed by atoms with Gasteiger partial charge in [-0.15, -0.1) is 0 Å². The molecule has 1 aromatic carbocycles. The number of nitrogens with one attached hydrogen (secondary N) is 2. The number of piperidine rings is 1. The van der Waals surface area contributed by atoms with Crippen LogP contribution in [0, 0.1) is 17.2 Å². The van der Waals surface area contributed by atoms with E-state index in [-0.39, 0.29) is 6.04 Å². The van der Waals surface area contributed by atoms with E-state index in [1.54, 1.807) is 30.5 Å². The normalized spacial score (nSPS) is 26.7. The van der Waals surface area contributed by atoms with Gasteiger partial charge in [-0.05, 0) is 43.7 Å². The number of oxazole rings is 1. The average Bonchev–Trinajstić information content (AvgIpc) is 3.66. The highest BCUT2D eigenvalue weighted by Gasteiger charge is 2.46. The van der Waals surface area contributed by atoms with Crippen molar-refractivity contribution in [2.75, 3.05) is 16.8 Å². The molecule has 10 nitrogen and oxygen atoms in total. The number of fused-ring (bicyclic) bond motifs is 2. The summed E-state index contributed by atoms with van der Waals surface area (Å²) in [6.07, 6.45) is 9.93. The second-order valence-corrected chi connectivity index (χ2v) is 10.3. The van der Waals surface area contributed by atoms with Crippen molar-refractivity contribution < 1.29 is 9.21 Å². The largest absolute Gasteiger partial charge is 0.424 e. The van der Waals surface area contributed by atoms with E-state index in [4.69, 9.17) is 10.2 Å². The van der Waals surface area contributed by atoms with Crippen LogP contribution in [0.1, 0.15) is 54.6 Å². The molecule has 0 radical (unpaired) electrons. The van der Waals surface area contributed by atoms with E-state index in [2.05, 4.69) is 36.6 Å². The van der Waals surface area contributed by atoms with Crippen LogP contribution in [-0.4, -0.2) is 51.6 Å². The topological polar surface area (TPSA) is 146 Å². The molecule has 3 aliphatic rings. The minimum Gasteiger partial charge on any atom is -0.424 e. The number of carbonyl (C=O) groups is 1. The van der Waals surface area contributed by atoms with E-state index in [1.807, 2.05) is 6.07 Å². The number of nitrogens with two attached hydrogens (primary N) is 1. The Kier molecular flexibility index (Phi) is 6.22. The Hall–Kier alpha value is -3.97. The number of amides is 1. The maximum absolute atomic E-state index is 11.5. The molecule has 3 aromatic rings. The lowest BCUT2D eigenvalue weighted by Crippen LogP contribution is -2.56. The molecule has 4 N–H and O–H groups in total. The molecule has 0 spiro atoms. The number of aromatic nitrogens is 3. The Labute approximate surface area is 215 Å². The third kappa shape index (κ3) is 4.74. The van der Waals surface area contributed by atoms with Crippen molar-refractivity contribution in [1.82, 2.24) is 20.3 Å². The fraction of sp³-hybridized carbons (Fsp3) is 0.444. The SMILES string of the molecule is N#Cc1cc(N2CC3CC(NC4CCCCC4Nc4ncc(-c5cccc(C(N)=O)c5)o4)C2C3)ncn1. The van der Waals surface area contributed by atoms with Gasteiger partial charge in [0.1, 0.15) is 23.9 Å². The summed E-state index contributed by atoms with van der Waals surface area (Å²) in [5.41, 5.74) is 7.03. The van der Waals surface area contributed by atoms with Gasteiger partial charge in [0.25, 0.3) is 6.01 Å². The van der Waals surface area contributed by atoms with Crippen LogP contribution in [0.5, 0.6) is 0 Å². The average molecular weight is 499 g/mol. The molecule has 190 valence electrons. The quantitative estimate of drug-likeness (QED) is 0.447. The molecule has 5 atom stereocenters. The molecule has 5 unspecified atom stereocenters. The van der Waals surface area contributed by atoms with Crippen molar-refractivity contribution in [3.8, 4) is 17.4 Å². The van der Waals surface area contributed by atoms with Gasteiger partial charge in [0.2, 0.25) is 5.91 Å². The summed E-state index contributed by atoms with van der Waals surface area (Å²) in [5.74, 6) is 1.59. The van der Waals surface area contributed by atoms with E-state index < -0.39 is 5.91 Å². The van der Waals surface area contributed by atoms with E-state index in [9.17, 15) is 10.1 Å². The van der Waals surface area contributed by atoms with E-state index in [0.29, 0.717) is 47.1 Å². The molecule has 3 heterocycles. The van der Waals surface area contributed by atoms with E-state index in [0.717, 1.165) is 50.0 Å². The van der Waals surface area contributed by atoms with Crippen LogP contribution in [0.4, 0.5) is 11.8 Å². The fourth-order valence-corrected chi connectivity index (χ4v) is 6.27. The summed E-state index contributed by atoms with van der Waals surface area (Å²) in [6.45, 7) is 0.979. The van der Waals surface area contributed by atoms with Crippen molar-refractivity contribution in [2.24, 2.45) is 11.7 Å². The first kappa shape index (κ1) is 23.4. The highest BCUT2D eigenvalue weighted by Crippen LogP contribution is 2.40. The van der Waals surface area contributed by atoms with Crippen LogP contribution in [-0.2, 0) is 0 Å². The predicted octanol–water partition coefficient (Wildman–Crippen LogP) is 3.08. The summed E-state index contributed by atoms with van der Waals surface area (Å²) in [7, 11) is 0. The van der Waals surface area contributed by atoms with Gasteiger partial charge in [-0.1, -0.05) is 25.0 Å². The van der Waals surface area contributed by atoms with Gasteiger partial charge in [0.05, 0.1) is 6.20 Å². The molecule has 1 amide bonds. The van der Waals surface area contributed by atoms with Crippen LogP contribution >= 0.6 is 0 Å². The van der Waals surface area contributed by atoms with Gasteiger partial charge in [-0.25, -0.2) is 15.0 Å². The fourth-order valence-electron chi connectivity index (χ4n) is 6.27. The number of benzene rings is 1. The smallest absolute Gasteiger partial charge is 0.295 e. The zero-order chi connectivity index (χ0) is 25.4. The molecule has 2 saturated carbocycles. The van der Waals surface area contributed by atoms with Crippen LogP contribution in [0.3, 0.4) is 0 Å². The van der Waals surface area contributed by atoms with Crippen molar-refractivity contribution in [1.29, 1.82) is 5.26 Å². The zero-order valence-electron chi connectivity index (χ0n) is 20.5. The van der Waals surface area contributed by atoms with Crippen LogP contribution < -0.4 is 21.3 Å². The molecule has 1 saturated heterocycles. The number of nitriles is 1. The van der Waals surface area contributed by atoms with Crippen LogP contribution in [0.2, 0.25) is 0 Å². The summed E-state index contributed by atoms with van der Waals surface area (Å²) in [6, 6.07) is 12.7. The lowest BCUT2D eigenvalue weighted by Gasteiger charge is -2.40. The number of rotatable bonds is 7. The number of anilines is 2. The van der Waals surface area contributed by atoms with Gasteiger partial charge >= 0.3 is 0 Å². The molecule has 2 aliphatic carbocycles. The Bertz CT molecular complexity index is 1330. The highest BCUT2D eigenvalue weighted by atomic mass is 16.4. The van der Waals surface area contributed by atoms with Gasteiger partial charge in [-0.3, -0.25) is 4.79 Å². The standard InChI is InChI=1S/C27H30N8O2/c28-12-19-11-25(32-15-31-19)35-14-16-8-22(23(35)9-16)33-20-6-1-2-7-21(20)34-27-30-13-24(37-27)17-4-3-5-18(10-17)26(29)36/h3-5,10-11,13,15-16,20-23,33H,1-2,6-9,14H2,(H2,29,36)(H,30,34). The van der Waals surface area contributed by atoms with Crippen molar-refractivity contribution in [2.45, 2.75) is 62.7 Å². The molecule has 37 heavy (non-hydrogen) atoms. The third-order valence-corrected chi connectivity index (χ3v) is 7.98.